The lowest BCUT2D eigenvalue weighted by Gasteiger charge is -2.28. The highest BCUT2D eigenvalue weighted by atomic mass is 35.5. The van der Waals surface area contributed by atoms with Crippen LogP contribution in [0.4, 0.5) is 5.82 Å². The molecule has 0 amide bonds. The van der Waals surface area contributed by atoms with Gasteiger partial charge in [-0.25, -0.2) is 0 Å². The number of hydrogen-bond donors (Lipinski definition) is 1. The van der Waals surface area contributed by atoms with Crippen LogP contribution in [0.1, 0.15) is 0 Å². The fourth-order valence-electron chi connectivity index (χ4n) is 3.15. The molecule has 8 nitrogen and oxygen atoms in total. The van der Waals surface area contributed by atoms with Gasteiger partial charge in [-0.15, -0.1) is 0 Å². The molecule has 4 heterocycles. The third-order valence-electron chi connectivity index (χ3n) is 4.47. The molecule has 142 valence electrons. The Kier molecular flexibility index (Phi) is 4.38. The number of nitrogens with zero attached hydrogens (tertiary/aromatic N) is 5. The van der Waals surface area contributed by atoms with E-state index in [-0.39, 0.29) is 6.01 Å². The largest absolute Gasteiger partial charge is 0.424 e. The quantitative estimate of drug-likeness (QED) is 0.542. The van der Waals surface area contributed by atoms with E-state index >= 15 is 0 Å². The Morgan fingerprint density at radius 3 is 2.64 bits per heavy atom. The van der Waals surface area contributed by atoms with Crippen LogP contribution in [-0.2, 0) is 4.74 Å². The lowest BCUT2D eigenvalue weighted by Crippen LogP contribution is -2.37. The van der Waals surface area contributed by atoms with Crippen LogP contribution < -0.4 is 9.64 Å². The van der Waals surface area contributed by atoms with Crippen LogP contribution in [0.25, 0.3) is 22.1 Å². The van der Waals surface area contributed by atoms with Gasteiger partial charge in [0, 0.05) is 31.5 Å². The SMILES string of the molecule is Clc1[nH]c2nc(Oc3ccc4nccnc4c3)nc(N3CCOCC3)c2c1Cl. The van der Waals surface area contributed by atoms with E-state index in [2.05, 4.69) is 29.8 Å². The summed E-state index contributed by atoms with van der Waals surface area (Å²) in [6.45, 7) is 2.61. The van der Waals surface area contributed by atoms with Crippen LogP contribution in [-0.4, -0.2) is 51.2 Å². The summed E-state index contributed by atoms with van der Waals surface area (Å²) in [5.74, 6) is 1.22. The lowest BCUT2D eigenvalue weighted by atomic mass is 10.3. The molecule has 1 saturated heterocycles. The monoisotopic (exact) mass is 416 g/mol. The Balaban J connectivity index is 1.58. The second kappa shape index (κ2) is 7.05. The maximum Gasteiger partial charge on any atom is 0.325 e. The fourth-order valence-corrected chi connectivity index (χ4v) is 3.56. The number of rotatable bonds is 3. The number of nitrogens with one attached hydrogen (secondary N) is 1. The molecule has 0 radical (unpaired) electrons. The molecule has 0 unspecified atom stereocenters. The number of aromatic amines is 1. The predicted molar refractivity (Wildman–Crippen MR) is 107 cm³/mol. The highest BCUT2D eigenvalue weighted by Crippen LogP contribution is 2.37. The van der Waals surface area contributed by atoms with E-state index < -0.39 is 0 Å². The van der Waals surface area contributed by atoms with Crippen molar-refractivity contribution in [2.75, 3.05) is 31.2 Å². The van der Waals surface area contributed by atoms with E-state index in [0.717, 1.165) is 11.0 Å². The van der Waals surface area contributed by atoms with Gasteiger partial charge in [-0.05, 0) is 12.1 Å². The Hall–Kier alpha value is -2.68. The van der Waals surface area contributed by atoms with Gasteiger partial charge in [-0.3, -0.25) is 9.97 Å². The Labute approximate surface area is 169 Å². The first-order valence-corrected chi connectivity index (χ1v) is 9.40. The smallest absolute Gasteiger partial charge is 0.325 e. The summed E-state index contributed by atoms with van der Waals surface area (Å²) in [5, 5.41) is 1.38. The van der Waals surface area contributed by atoms with Gasteiger partial charge in [0.15, 0.2) is 0 Å². The number of halogens is 2. The summed E-state index contributed by atoms with van der Waals surface area (Å²) < 4.78 is 11.4. The summed E-state index contributed by atoms with van der Waals surface area (Å²) in [7, 11) is 0. The summed E-state index contributed by atoms with van der Waals surface area (Å²) in [6.07, 6.45) is 3.28. The van der Waals surface area contributed by atoms with E-state index in [1.807, 2.05) is 6.07 Å². The Morgan fingerprint density at radius 1 is 1.04 bits per heavy atom. The average molecular weight is 417 g/mol. The topological polar surface area (TPSA) is 89.0 Å². The number of fused-ring (bicyclic) bond motifs is 2. The minimum absolute atomic E-state index is 0.187. The second-order valence-corrected chi connectivity index (χ2v) is 6.97. The van der Waals surface area contributed by atoms with Crippen LogP contribution in [0.2, 0.25) is 10.2 Å². The van der Waals surface area contributed by atoms with Gasteiger partial charge < -0.3 is 19.4 Å². The molecule has 28 heavy (non-hydrogen) atoms. The van der Waals surface area contributed by atoms with Gasteiger partial charge in [0.25, 0.3) is 0 Å². The van der Waals surface area contributed by atoms with Crippen molar-refractivity contribution in [2.24, 2.45) is 0 Å². The van der Waals surface area contributed by atoms with Crippen molar-refractivity contribution >= 4 is 51.1 Å². The van der Waals surface area contributed by atoms with Crippen molar-refractivity contribution in [2.45, 2.75) is 0 Å². The van der Waals surface area contributed by atoms with Gasteiger partial charge in [0.2, 0.25) is 0 Å². The fraction of sp³-hybridized carbons (Fsp3) is 0.222. The van der Waals surface area contributed by atoms with Crippen molar-refractivity contribution in [1.82, 2.24) is 24.9 Å². The first-order chi connectivity index (χ1) is 13.7. The van der Waals surface area contributed by atoms with E-state index in [0.29, 0.717) is 59.1 Å². The van der Waals surface area contributed by atoms with E-state index in [1.165, 1.54) is 0 Å². The Morgan fingerprint density at radius 2 is 1.82 bits per heavy atom. The number of aromatic nitrogens is 5. The number of morpholine rings is 1. The van der Waals surface area contributed by atoms with Gasteiger partial charge >= 0.3 is 6.01 Å². The van der Waals surface area contributed by atoms with Gasteiger partial charge in [-0.1, -0.05) is 23.2 Å². The zero-order valence-corrected chi connectivity index (χ0v) is 16.0. The summed E-state index contributed by atoms with van der Waals surface area (Å²) in [6, 6.07) is 5.61. The van der Waals surface area contributed by atoms with Crippen molar-refractivity contribution in [1.29, 1.82) is 0 Å². The first-order valence-electron chi connectivity index (χ1n) is 8.65. The molecular formula is C18H14Cl2N6O2. The number of anilines is 1. The van der Waals surface area contributed by atoms with Gasteiger partial charge in [0.05, 0.1) is 34.7 Å². The normalized spacial score (nSPS) is 14.7. The van der Waals surface area contributed by atoms with Gasteiger partial charge in [0.1, 0.15) is 22.4 Å². The molecule has 0 bridgehead atoms. The summed E-state index contributed by atoms with van der Waals surface area (Å²) >= 11 is 12.6. The molecule has 1 aromatic carbocycles. The third kappa shape index (κ3) is 3.09. The number of hydrogen-bond acceptors (Lipinski definition) is 7. The maximum absolute atomic E-state index is 6.39. The molecule has 1 fully saturated rings. The standard InChI is InChI=1S/C18H14Cl2N6O2/c19-14-13-16(23-15(14)20)24-18(25-17(13)26-5-7-27-8-6-26)28-10-1-2-11-12(9-10)22-4-3-21-11/h1-4,9H,5-8H2,(H,23,24,25). The third-order valence-corrected chi connectivity index (χ3v) is 5.23. The van der Waals surface area contributed by atoms with E-state index in [9.17, 15) is 0 Å². The van der Waals surface area contributed by atoms with E-state index in [4.69, 9.17) is 32.7 Å². The first kappa shape index (κ1) is 17.4. The Bertz CT molecular complexity index is 1180. The van der Waals surface area contributed by atoms with Crippen molar-refractivity contribution in [3.63, 3.8) is 0 Å². The highest BCUT2D eigenvalue weighted by Gasteiger charge is 2.23. The lowest BCUT2D eigenvalue weighted by molar-refractivity contribution is 0.122. The molecule has 1 aliphatic heterocycles. The molecule has 0 saturated carbocycles. The molecular weight excluding hydrogens is 403 g/mol. The minimum atomic E-state index is 0.187. The predicted octanol–water partition coefficient (Wildman–Crippen LogP) is 3.84. The minimum Gasteiger partial charge on any atom is -0.424 e. The number of benzene rings is 1. The van der Waals surface area contributed by atoms with Gasteiger partial charge in [-0.2, -0.15) is 9.97 Å². The number of H-pyrrole nitrogens is 1. The van der Waals surface area contributed by atoms with Crippen LogP contribution in [0, 0.1) is 0 Å². The van der Waals surface area contributed by atoms with Crippen LogP contribution in [0.5, 0.6) is 11.8 Å². The molecule has 4 aromatic rings. The van der Waals surface area contributed by atoms with E-state index in [1.54, 1.807) is 24.5 Å². The van der Waals surface area contributed by atoms with Crippen LogP contribution in [0.15, 0.2) is 30.6 Å². The molecule has 10 heteroatoms. The molecule has 0 atom stereocenters. The molecule has 1 aliphatic rings. The highest BCUT2D eigenvalue weighted by molar-refractivity contribution is 6.45. The van der Waals surface area contributed by atoms with Crippen LogP contribution in [0.3, 0.4) is 0 Å². The zero-order valence-electron chi connectivity index (χ0n) is 14.5. The molecule has 0 spiro atoms. The number of ether oxygens (including phenoxy) is 2. The summed E-state index contributed by atoms with van der Waals surface area (Å²) in [4.78, 5) is 22.7. The van der Waals surface area contributed by atoms with Crippen molar-refractivity contribution in [3.8, 4) is 11.8 Å². The molecule has 5 rings (SSSR count). The molecule has 0 aliphatic carbocycles. The van der Waals surface area contributed by atoms with Crippen LogP contribution >= 0.6 is 23.2 Å². The molecule has 1 N–H and O–H groups in total. The molecule has 3 aromatic heterocycles. The zero-order chi connectivity index (χ0) is 19.1. The van der Waals surface area contributed by atoms with Crippen molar-refractivity contribution in [3.05, 3.63) is 40.8 Å². The average Bonchev–Trinajstić information content (AvgIpc) is 3.01. The summed E-state index contributed by atoms with van der Waals surface area (Å²) in [5.41, 5.74) is 2.02. The maximum atomic E-state index is 6.39. The second-order valence-electron chi connectivity index (χ2n) is 6.21. The van der Waals surface area contributed by atoms with Crippen molar-refractivity contribution < 1.29 is 9.47 Å².